The van der Waals surface area contributed by atoms with E-state index in [-0.39, 0.29) is 0 Å². The quantitative estimate of drug-likeness (QED) is 0.725. The average Bonchev–Trinajstić information content (AvgIpc) is 2.49. The average molecular weight is 263 g/mol. The van der Waals surface area contributed by atoms with Gasteiger partial charge in [0.05, 0.1) is 0 Å². The van der Waals surface area contributed by atoms with Crippen molar-refractivity contribution >= 4 is 5.69 Å². The molecule has 2 aromatic carbocycles. The first-order valence-electron chi connectivity index (χ1n) is 7.02. The molecular weight excluding hydrogens is 242 g/mol. The largest absolute Gasteiger partial charge is 0.362 e. The van der Waals surface area contributed by atoms with Gasteiger partial charge in [-0.05, 0) is 47.8 Å². The Hall–Kier alpha value is -2.28. The number of nitrogens with one attached hydrogen (secondary N) is 1. The number of aryl methyl sites for hydroxylation is 1. The van der Waals surface area contributed by atoms with Crippen molar-refractivity contribution in [2.45, 2.75) is 19.8 Å². The number of hydrogen-bond acceptors (Lipinski definition) is 1. The fraction of sp³-hybridized carbons (Fsp3) is 0.158. The maximum absolute atomic E-state index is 4.13. The second-order valence-corrected chi connectivity index (χ2v) is 4.80. The van der Waals surface area contributed by atoms with Crippen LogP contribution in [-0.4, -0.2) is 0 Å². The topological polar surface area (TPSA) is 12.0 Å². The molecule has 0 heterocycles. The predicted octanol–water partition coefficient (Wildman–Crippen LogP) is 4.97. The summed E-state index contributed by atoms with van der Waals surface area (Å²) < 4.78 is 0. The zero-order valence-corrected chi connectivity index (χ0v) is 12.0. The monoisotopic (exact) mass is 263 g/mol. The Bertz CT molecular complexity index is 582. The lowest BCUT2D eigenvalue weighted by Gasteiger charge is -2.07. The number of hydrogen-bond donors (Lipinski definition) is 1. The summed E-state index contributed by atoms with van der Waals surface area (Å²) in [6, 6.07) is 18.7. The van der Waals surface area contributed by atoms with Gasteiger partial charge in [0.1, 0.15) is 0 Å². The Kier molecular flexibility index (Phi) is 5.19. The van der Waals surface area contributed by atoms with Crippen LogP contribution in [0.2, 0.25) is 0 Å². The molecule has 0 aliphatic rings. The lowest BCUT2D eigenvalue weighted by atomic mass is 9.99. The van der Waals surface area contributed by atoms with Crippen molar-refractivity contribution in [3.8, 4) is 0 Å². The van der Waals surface area contributed by atoms with Crippen LogP contribution in [0, 0.1) is 0 Å². The molecule has 0 atom stereocenters. The summed E-state index contributed by atoms with van der Waals surface area (Å²) >= 11 is 0. The standard InChI is InChI=1S/C19H21N/c1-3-17-9-7-8-10-18(17)15-16(2)13-14-20-19-11-5-4-6-12-19/h4-14,20H,2-3,15H2,1H3/b14-13+. The molecule has 1 heteroatoms. The van der Waals surface area contributed by atoms with Crippen molar-refractivity contribution in [3.05, 3.63) is 90.2 Å². The highest BCUT2D eigenvalue weighted by atomic mass is 14.8. The molecule has 0 amide bonds. The number of rotatable bonds is 6. The number of allylic oxidation sites excluding steroid dienone is 2. The molecule has 0 spiro atoms. The van der Waals surface area contributed by atoms with Gasteiger partial charge in [-0.2, -0.15) is 0 Å². The van der Waals surface area contributed by atoms with Crippen molar-refractivity contribution in [3.63, 3.8) is 0 Å². The third kappa shape index (κ3) is 4.13. The zero-order valence-electron chi connectivity index (χ0n) is 12.0. The van der Waals surface area contributed by atoms with Crippen LogP contribution in [0.4, 0.5) is 5.69 Å². The van der Waals surface area contributed by atoms with E-state index >= 15 is 0 Å². The fourth-order valence-corrected chi connectivity index (χ4v) is 2.17. The van der Waals surface area contributed by atoms with Crippen LogP contribution in [0.5, 0.6) is 0 Å². The van der Waals surface area contributed by atoms with Crippen molar-refractivity contribution in [1.29, 1.82) is 0 Å². The van der Waals surface area contributed by atoms with E-state index in [2.05, 4.69) is 43.1 Å². The van der Waals surface area contributed by atoms with E-state index in [4.69, 9.17) is 0 Å². The van der Waals surface area contributed by atoms with E-state index in [0.29, 0.717) is 0 Å². The van der Waals surface area contributed by atoms with Crippen LogP contribution < -0.4 is 5.32 Å². The highest BCUT2D eigenvalue weighted by Gasteiger charge is 2.00. The third-order valence-corrected chi connectivity index (χ3v) is 3.26. The molecular formula is C19H21N. The van der Waals surface area contributed by atoms with Crippen LogP contribution in [-0.2, 0) is 12.8 Å². The number of benzene rings is 2. The summed E-state index contributed by atoms with van der Waals surface area (Å²) in [5.74, 6) is 0. The number of anilines is 1. The second-order valence-electron chi connectivity index (χ2n) is 4.80. The third-order valence-electron chi connectivity index (χ3n) is 3.26. The molecule has 0 saturated heterocycles. The van der Waals surface area contributed by atoms with E-state index in [1.165, 1.54) is 11.1 Å². The van der Waals surface area contributed by atoms with Gasteiger partial charge in [0.2, 0.25) is 0 Å². The maximum Gasteiger partial charge on any atom is 0.0379 e. The normalized spacial score (nSPS) is 10.7. The van der Waals surface area contributed by atoms with Gasteiger partial charge in [0.15, 0.2) is 0 Å². The van der Waals surface area contributed by atoms with Crippen molar-refractivity contribution in [1.82, 2.24) is 0 Å². The molecule has 1 N–H and O–H groups in total. The molecule has 1 nitrogen and oxygen atoms in total. The van der Waals surface area contributed by atoms with Crippen molar-refractivity contribution < 1.29 is 0 Å². The molecule has 0 bridgehead atoms. The SMILES string of the molecule is C=C(/C=C/Nc1ccccc1)Cc1ccccc1CC. The first kappa shape index (κ1) is 14.1. The Balaban J connectivity index is 1.92. The summed E-state index contributed by atoms with van der Waals surface area (Å²) in [4.78, 5) is 0. The molecule has 2 aromatic rings. The molecule has 2 rings (SSSR count). The molecule has 0 aliphatic heterocycles. The molecule has 102 valence electrons. The lowest BCUT2D eigenvalue weighted by molar-refractivity contribution is 1.06. The summed E-state index contributed by atoms with van der Waals surface area (Å²) in [6.07, 6.45) is 5.96. The Morgan fingerprint density at radius 2 is 1.65 bits per heavy atom. The van der Waals surface area contributed by atoms with Crippen molar-refractivity contribution in [2.24, 2.45) is 0 Å². The lowest BCUT2D eigenvalue weighted by Crippen LogP contribution is -1.94. The number of para-hydroxylation sites is 1. The minimum atomic E-state index is 0.900. The van der Waals surface area contributed by atoms with Gasteiger partial charge >= 0.3 is 0 Å². The summed E-state index contributed by atoms with van der Waals surface area (Å²) in [5.41, 5.74) is 4.96. The molecule has 0 unspecified atom stereocenters. The van der Waals surface area contributed by atoms with Gasteiger partial charge in [-0.25, -0.2) is 0 Å². The highest BCUT2D eigenvalue weighted by Crippen LogP contribution is 2.14. The summed E-state index contributed by atoms with van der Waals surface area (Å²) in [6.45, 7) is 6.32. The summed E-state index contributed by atoms with van der Waals surface area (Å²) in [7, 11) is 0. The summed E-state index contributed by atoms with van der Waals surface area (Å²) in [5, 5.41) is 3.25. The van der Waals surface area contributed by atoms with Gasteiger partial charge in [0, 0.05) is 11.9 Å². The van der Waals surface area contributed by atoms with Crippen LogP contribution in [0.15, 0.2) is 79.0 Å². The molecule has 0 fully saturated rings. The van der Waals surface area contributed by atoms with Gasteiger partial charge < -0.3 is 5.32 Å². The Labute approximate surface area is 121 Å². The molecule has 0 aromatic heterocycles. The zero-order chi connectivity index (χ0) is 14.2. The Morgan fingerprint density at radius 1 is 1.00 bits per heavy atom. The molecule has 0 aliphatic carbocycles. The highest BCUT2D eigenvalue weighted by molar-refractivity contribution is 5.45. The van der Waals surface area contributed by atoms with Gasteiger partial charge in [-0.1, -0.05) is 56.0 Å². The van der Waals surface area contributed by atoms with Crippen LogP contribution in [0.1, 0.15) is 18.1 Å². The van der Waals surface area contributed by atoms with Gasteiger partial charge in [-0.15, -0.1) is 0 Å². The van der Waals surface area contributed by atoms with Crippen molar-refractivity contribution in [2.75, 3.05) is 5.32 Å². The molecule has 0 radical (unpaired) electrons. The smallest absolute Gasteiger partial charge is 0.0379 e. The molecule has 20 heavy (non-hydrogen) atoms. The van der Waals surface area contributed by atoms with E-state index in [1.54, 1.807) is 0 Å². The van der Waals surface area contributed by atoms with Crippen LogP contribution >= 0.6 is 0 Å². The Morgan fingerprint density at radius 3 is 2.35 bits per heavy atom. The maximum atomic E-state index is 4.13. The minimum Gasteiger partial charge on any atom is -0.362 e. The first-order valence-corrected chi connectivity index (χ1v) is 7.02. The van der Waals surface area contributed by atoms with Gasteiger partial charge in [-0.3, -0.25) is 0 Å². The van der Waals surface area contributed by atoms with E-state index in [9.17, 15) is 0 Å². The van der Waals surface area contributed by atoms with E-state index in [1.807, 2.05) is 42.6 Å². The van der Waals surface area contributed by atoms with E-state index in [0.717, 1.165) is 24.1 Å². The van der Waals surface area contributed by atoms with Crippen LogP contribution in [0.3, 0.4) is 0 Å². The minimum absolute atomic E-state index is 0.900. The van der Waals surface area contributed by atoms with Crippen LogP contribution in [0.25, 0.3) is 0 Å². The molecule has 0 saturated carbocycles. The second kappa shape index (κ2) is 7.34. The predicted molar refractivity (Wildman–Crippen MR) is 87.9 cm³/mol. The first-order chi connectivity index (χ1) is 9.79. The van der Waals surface area contributed by atoms with Gasteiger partial charge in [0.25, 0.3) is 0 Å². The van der Waals surface area contributed by atoms with E-state index < -0.39 is 0 Å². The fourth-order valence-electron chi connectivity index (χ4n) is 2.17.